The molecule has 0 aliphatic heterocycles. The van der Waals surface area contributed by atoms with Crippen molar-refractivity contribution < 1.29 is 24.7 Å². The van der Waals surface area contributed by atoms with E-state index in [4.69, 9.17) is 5.21 Å². The number of nitrogens with one attached hydrogen (secondary N) is 2. The number of carbonyl (C=O) groups excluding carboxylic acids is 3. The van der Waals surface area contributed by atoms with Crippen LogP contribution in [0.1, 0.15) is 52.7 Å². The van der Waals surface area contributed by atoms with Crippen molar-refractivity contribution in [3.05, 3.63) is 101 Å². The number of amides is 2. The predicted molar refractivity (Wildman–Crippen MR) is 141 cm³/mol. The number of hydroxylamine groups is 1. The Kier molecular flexibility index (Phi) is 10.4. The number of hydrogen-bond donors (Lipinski definition) is 4. The van der Waals surface area contributed by atoms with Gasteiger partial charge in [-0.3, -0.25) is 19.6 Å². The van der Waals surface area contributed by atoms with Gasteiger partial charge in [-0.1, -0.05) is 72.3 Å². The first-order chi connectivity index (χ1) is 17.9. The van der Waals surface area contributed by atoms with Gasteiger partial charge in [0.2, 0.25) is 11.8 Å². The van der Waals surface area contributed by atoms with Crippen LogP contribution in [-0.4, -0.2) is 34.0 Å². The van der Waals surface area contributed by atoms with Gasteiger partial charge in [0.05, 0.1) is 6.04 Å². The number of phenols is 1. The van der Waals surface area contributed by atoms with Gasteiger partial charge in [-0.15, -0.1) is 0 Å². The number of ketones is 1. The average molecular weight is 503 g/mol. The molecule has 0 aliphatic rings. The molecule has 0 radical (unpaired) electrons. The van der Waals surface area contributed by atoms with Crippen LogP contribution in [0.3, 0.4) is 0 Å². The molecule has 2 atom stereocenters. The fourth-order valence-electron chi connectivity index (χ4n) is 4.25. The summed E-state index contributed by atoms with van der Waals surface area (Å²) in [5, 5.41) is 21.4. The second kappa shape index (κ2) is 13.9. The Morgan fingerprint density at radius 2 is 1.49 bits per heavy atom. The Balaban J connectivity index is 1.74. The van der Waals surface area contributed by atoms with Crippen LogP contribution in [-0.2, 0) is 22.4 Å². The van der Waals surface area contributed by atoms with E-state index in [1.165, 1.54) is 11.1 Å². The molecular weight excluding hydrogens is 468 g/mol. The third kappa shape index (κ3) is 8.88. The Bertz CT molecular complexity index is 1160. The number of Topliss-reactive ketones (excluding diaryl/α,β-unsaturated/α-hetero) is 1. The SMILES string of the molecule is Cc1ccc(CCC[C@H](CCC(=O)NO)C(=O)N[C@@H](Cc2ccc(O)cc2)C(=O)c2ccccc2)cc1. The number of phenolic OH excluding ortho intramolecular Hbond substituents is 1. The van der Waals surface area contributed by atoms with Crippen LogP contribution >= 0.6 is 0 Å². The lowest BCUT2D eigenvalue weighted by Crippen LogP contribution is -2.45. The van der Waals surface area contributed by atoms with Crippen molar-refractivity contribution in [1.29, 1.82) is 0 Å². The van der Waals surface area contributed by atoms with Gasteiger partial charge in [0.1, 0.15) is 5.75 Å². The second-order valence-corrected chi connectivity index (χ2v) is 9.31. The minimum Gasteiger partial charge on any atom is -0.508 e. The smallest absolute Gasteiger partial charge is 0.243 e. The summed E-state index contributed by atoms with van der Waals surface area (Å²) >= 11 is 0. The topological polar surface area (TPSA) is 116 Å². The highest BCUT2D eigenvalue weighted by Crippen LogP contribution is 2.19. The van der Waals surface area contributed by atoms with Crippen molar-refractivity contribution in [2.45, 2.75) is 51.5 Å². The Morgan fingerprint density at radius 3 is 2.14 bits per heavy atom. The molecule has 0 bridgehead atoms. The van der Waals surface area contributed by atoms with Crippen LogP contribution in [0.15, 0.2) is 78.9 Å². The Hall–Kier alpha value is -3.97. The summed E-state index contributed by atoms with van der Waals surface area (Å²) in [5.41, 5.74) is 5.25. The molecule has 4 N–H and O–H groups in total. The molecule has 0 heterocycles. The zero-order valence-corrected chi connectivity index (χ0v) is 21.0. The summed E-state index contributed by atoms with van der Waals surface area (Å²) in [5.74, 6) is -1.46. The maximum absolute atomic E-state index is 13.4. The normalized spacial score (nSPS) is 12.4. The molecule has 0 aromatic heterocycles. The lowest BCUT2D eigenvalue weighted by Gasteiger charge is -2.22. The van der Waals surface area contributed by atoms with Gasteiger partial charge in [-0.25, -0.2) is 5.48 Å². The second-order valence-electron chi connectivity index (χ2n) is 9.31. The summed E-state index contributed by atoms with van der Waals surface area (Å²) in [7, 11) is 0. The highest BCUT2D eigenvalue weighted by molar-refractivity contribution is 6.02. The largest absolute Gasteiger partial charge is 0.508 e. The predicted octanol–water partition coefficient (Wildman–Crippen LogP) is 4.54. The molecule has 0 saturated heterocycles. The van der Waals surface area contributed by atoms with Crippen LogP contribution in [0.25, 0.3) is 0 Å². The first-order valence-electron chi connectivity index (χ1n) is 12.5. The zero-order chi connectivity index (χ0) is 26.6. The molecule has 7 nitrogen and oxygen atoms in total. The molecule has 7 heteroatoms. The first kappa shape index (κ1) is 27.6. The van der Waals surface area contributed by atoms with Gasteiger partial charge in [0.25, 0.3) is 0 Å². The van der Waals surface area contributed by atoms with E-state index in [2.05, 4.69) is 17.4 Å². The van der Waals surface area contributed by atoms with Gasteiger partial charge in [0, 0.05) is 24.3 Å². The van der Waals surface area contributed by atoms with Crippen molar-refractivity contribution in [3.8, 4) is 5.75 Å². The van der Waals surface area contributed by atoms with Crippen molar-refractivity contribution >= 4 is 17.6 Å². The van der Waals surface area contributed by atoms with Crippen molar-refractivity contribution in [2.75, 3.05) is 0 Å². The Labute approximate surface area is 217 Å². The van der Waals surface area contributed by atoms with E-state index in [0.29, 0.717) is 12.0 Å². The number of aryl methyl sites for hydroxylation is 2. The van der Waals surface area contributed by atoms with E-state index in [1.807, 2.05) is 25.1 Å². The third-order valence-corrected chi connectivity index (χ3v) is 6.42. The molecular formula is C30H34N2O5. The number of benzene rings is 3. The summed E-state index contributed by atoms with van der Waals surface area (Å²) in [6.07, 6.45) is 2.55. The van der Waals surface area contributed by atoms with E-state index in [1.54, 1.807) is 54.0 Å². The molecule has 0 saturated carbocycles. The lowest BCUT2D eigenvalue weighted by atomic mass is 9.92. The van der Waals surface area contributed by atoms with Crippen molar-refractivity contribution in [1.82, 2.24) is 10.8 Å². The summed E-state index contributed by atoms with van der Waals surface area (Å²) < 4.78 is 0. The van der Waals surface area contributed by atoms with E-state index < -0.39 is 17.9 Å². The van der Waals surface area contributed by atoms with Crippen molar-refractivity contribution in [3.63, 3.8) is 0 Å². The fourth-order valence-corrected chi connectivity index (χ4v) is 4.25. The monoisotopic (exact) mass is 502 g/mol. The lowest BCUT2D eigenvalue weighted by molar-refractivity contribution is -0.130. The molecule has 3 aromatic carbocycles. The highest BCUT2D eigenvalue weighted by atomic mass is 16.5. The molecule has 0 spiro atoms. The van der Waals surface area contributed by atoms with Crippen LogP contribution < -0.4 is 10.8 Å². The van der Waals surface area contributed by atoms with E-state index in [0.717, 1.165) is 18.4 Å². The van der Waals surface area contributed by atoms with Crippen LogP contribution in [0.2, 0.25) is 0 Å². The minimum atomic E-state index is -0.814. The highest BCUT2D eigenvalue weighted by Gasteiger charge is 2.27. The molecule has 3 aromatic rings. The maximum Gasteiger partial charge on any atom is 0.243 e. The molecule has 0 unspecified atom stereocenters. The molecule has 0 aliphatic carbocycles. The van der Waals surface area contributed by atoms with E-state index >= 15 is 0 Å². The minimum absolute atomic E-state index is 0.00558. The summed E-state index contributed by atoms with van der Waals surface area (Å²) in [6.45, 7) is 2.03. The van der Waals surface area contributed by atoms with Crippen LogP contribution in [0.4, 0.5) is 0 Å². The maximum atomic E-state index is 13.4. The van der Waals surface area contributed by atoms with Crippen LogP contribution in [0.5, 0.6) is 5.75 Å². The zero-order valence-electron chi connectivity index (χ0n) is 21.0. The van der Waals surface area contributed by atoms with Gasteiger partial charge in [-0.2, -0.15) is 0 Å². The standard InChI is InChI=1S/C30H34N2O5/c1-21-10-12-22(13-11-21)6-5-9-25(16-19-28(34)32-37)30(36)31-27(20-23-14-17-26(33)18-15-23)29(35)24-7-3-2-4-8-24/h2-4,7-8,10-15,17-18,25,27,33,37H,5-6,9,16,19-20H2,1H3,(H,31,36)(H,32,34)/t25-,27+/m1/s1. The third-order valence-electron chi connectivity index (χ3n) is 6.42. The summed E-state index contributed by atoms with van der Waals surface area (Å²) in [4.78, 5) is 38.5. The van der Waals surface area contributed by atoms with Gasteiger partial charge in [-0.05, 0) is 55.9 Å². The van der Waals surface area contributed by atoms with E-state index in [-0.39, 0.29) is 36.7 Å². The molecule has 0 fully saturated rings. The van der Waals surface area contributed by atoms with Gasteiger partial charge >= 0.3 is 0 Å². The molecule has 3 rings (SSSR count). The number of hydrogen-bond acceptors (Lipinski definition) is 5. The van der Waals surface area contributed by atoms with Crippen molar-refractivity contribution in [2.24, 2.45) is 5.92 Å². The number of rotatable bonds is 13. The van der Waals surface area contributed by atoms with Crippen LogP contribution in [0, 0.1) is 12.8 Å². The number of carbonyl (C=O) groups is 3. The van der Waals surface area contributed by atoms with Gasteiger partial charge < -0.3 is 10.4 Å². The quantitative estimate of drug-likeness (QED) is 0.156. The van der Waals surface area contributed by atoms with E-state index in [9.17, 15) is 19.5 Å². The first-order valence-corrected chi connectivity index (χ1v) is 12.5. The summed E-state index contributed by atoms with van der Waals surface area (Å²) in [6, 6.07) is 22.7. The Morgan fingerprint density at radius 1 is 0.838 bits per heavy atom. The molecule has 37 heavy (non-hydrogen) atoms. The number of aromatic hydroxyl groups is 1. The average Bonchev–Trinajstić information content (AvgIpc) is 2.92. The fraction of sp³-hybridized carbons (Fsp3) is 0.300. The molecule has 194 valence electrons. The van der Waals surface area contributed by atoms with Gasteiger partial charge in [0.15, 0.2) is 5.78 Å². The molecule has 2 amide bonds.